The number of aldehydes is 1. The number of fused-ring (bicyclic) bond motifs is 1. The molecule has 0 unspecified atom stereocenters. The van der Waals surface area contributed by atoms with Crippen LogP contribution in [0.2, 0.25) is 0 Å². The number of nitrogens with zero attached hydrogens (tertiary/aromatic N) is 2. The third kappa shape index (κ3) is 1.92. The highest BCUT2D eigenvalue weighted by Gasteiger charge is 2.44. The fraction of sp³-hybridized carbons (Fsp3) is 0.0556. The van der Waals surface area contributed by atoms with Gasteiger partial charge in [0.1, 0.15) is 6.07 Å². The van der Waals surface area contributed by atoms with Gasteiger partial charge in [-0.25, -0.2) is 0 Å². The molecule has 1 amide bonds. The summed E-state index contributed by atoms with van der Waals surface area (Å²) in [6, 6.07) is 17.7. The Balaban J connectivity index is 2.16. The summed E-state index contributed by atoms with van der Waals surface area (Å²) in [5.41, 5.74) is 0.0543. The maximum absolute atomic E-state index is 12.7. The van der Waals surface area contributed by atoms with Crippen molar-refractivity contribution in [1.82, 2.24) is 4.90 Å². The zero-order valence-corrected chi connectivity index (χ0v) is 11.6. The zero-order valence-electron chi connectivity index (χ0n) is 11.6. The molecule has 3 rings (SSSR count). The summed E-state index contributed by atoms with van der Waals surface area (Å²) in [5.74, 6) is -0.389. The zero-order chi connectivity index (χ0) is 15.6. The Kier molecular flexibility index (Phi) is 3.32. The van der Waals surface area contributed by atoms with E-state index < -0.39 is 5.54 Å². The molecule has 1 heterocycles. The van der Waals surface area contributed by atoms with E-state index in [4.69, 9.17) is 0 Å². The standard InChI is InChI=1S/C18H12N2O2/c19-12-18(13-21)16-9-5-4-6-14(16)10-11-20(18)17(22)15-7-2-1-3-8-15/h1-11,13H/t18-/m0/s1. The number of benzene rings is 2. The Hall–Kier alpha value is -3.19. The summed E-state index contributed by atoms with van der Waals surface area (Å²) >= 11 is 0. The maximum Gasteiger partial charge on any atom is 0.259 e. The van der Waals surface area contributed by atoms with Crippen LogP contribution in [0.1, 0.15) is 21.5 Å². The molecule has 106 valence electrons. The molecule has 1 atom stereocenters. The molecule has 2 aromatic carbocycles. The van der Waals surface area contributed by atoms with Gasteiger partial charge in [-0.2, -0.15) is 5.26 Å². The van der Waals surface area contributed by atoms with Gasteiger partial charge in [-0.05, 0) is 23.8 Å². The van der Waals surface area contributed by atoms with E-state index in [1.165, 1.54) is 11.1 Å². The van der Waals surface area contributed by atoms with Crippen LogP contribution in [-0.2, 0) is 10.3 Å². The van der Waals surface area contributed by atoms with Crippen molar-refractivity contribution in [3.63, 3.8) is 0 Å². The third-order valence-electron chi connectivity index (χ3n) is 3.74. The minimum atomic E-state index is -1.64. The molecular weight excluding hydrogens is 276 g/mol. The SMILES string of the molecule is N#C[C@]1(C=O)c2ccccc2C=CN1C(=O)c1ccccc1. The lowest BCUT2D eigenvalue weighted by Crippen LogP contribution is -2.48. The molecule has 0 bridgehead atoms. The molecule has 0 N–H and O–H groups in total. The van der Waals surface area contributed by atoms with Crippen molar-refractivity contribution in [3.05, 3.63) is 77.5 Å². The second-order valence-corrected chi connectivity index (χ2v) is 4.94. The van der Waals surface area contributed by atoms with E-state index in [2.05, 4.69) is 0 Å². The molecule has 1 aliphatic rings. The molecule has 0 fully saturated rings. The highest BCUT2D eigenvalue weighted by Crippen LogP contribution is 2.35. The second kappa shape index (κ2) is 5.30. The summed E-state index contributed by atoms with van der Waals surface area (Å²) in [6.45, 7) is 0. The van der Waals surface area contributed by atoms with Gasteiger partial charge in [0.15, 0.2) is 6.29 Å². The Morgan fingerprint density at radius 2 is 1.77 bits per heavy atom. The number of amides is 1. The summed E-state index contributed by atoms with van der Waals surface area (Å²) < 4.78 is 0. The van der Waals surface area contributed by atoms with Gasteiger partial charge in [-0.1, -0.05) is 42.5 Å². The Morgan fingerprint density at radius 3 is 2.45 bits per heavy atom. The molecular formula is C18H12N2O2. The van der Waals surface area contributed by atoms with Crippen LogP contribution in [0.5, 0.6) is 0 Å². The van der Waals surface area contributed by atoms with Crippen LogP contribution in [0, 0.1) is 11.3 Å². The van der Waals surface area contributed by atoms with Crippen LogP contribution in [0.3, 0.4) is 0 Å². The van der Waals surface area contributed by atoms with Crippen LogP contribution in [0.4, 0.5) is 0 Å². The van der Waals surface area contributed by atoms with Gasteiger partial charge in [0.05, 0.1) is 0 Å². The van der Waals surface area contributed by atoms with E-state index in [0.29, 0.717) is 17.4 Å². The minimum Gasteiger partial charge on any atom is -0.299 e. The lowest BCUT2D eigenvalue weighted by molar-refractivity contribution is -0.114. The minimum absolute atomic E-state index is 0.389. The first-order valence-electron chi connectivity index (χ1n) is 6.77. The average molecular weight is 288 g/mol. The number of rotatable bonds is 2. The molecule has 0 saturated carbocycles. The molecule has 0 aromatic heterocycles. The van der Waals surface area contributed by atoms with E-state index in [-0.39, 0.29) is 5.91 Å². The molecule has 1 aliphatic heterocycles. The Labute approximate surface area is 127 Å². The molecule has 0 spiro atoms. The van der Waals surface area contributed by atoms with Crippen LogP contribution >= 0.6 is 0 Å². The van der Waals surface area contributed by atoms with Crippen molar-refractivity contribution in [2.24, 2.45) is 0 Å². The topological polar surface area (TPSA) is 61.2 Å². The van der Waals surface area contributed by atoms with E-state index in [1.807, 2.05) is 18.2 Å². The van der Waals surface area contributed by atoms with Crippen LogP contribution in [-0.4, -0.2) is 17.1 Å². The van der Waals surface area contributed by atoms with Crippen molar-refractivity contribution < 1.29 is 9.59 Å². The lowest BCUT2D eigenvalue weighted by atomic mass is 9.84. The van der Waals surface area contributed by atoms with Crippen LogP contribution in [0.25, 0.3) is 6.08 Å². The van der Waals surface area contributed by atoms with Crippen molar-refractivity contribution in [3.8, 4) is 6.07 Å². The van der Waals surface area contributed by atoms with E-state index in [9.17, 15) is 14.9 Å². The molecule has 0 radical (unpaired) electrons. The quantitative estimate of drug-likeness (QED) is 0.798. The fourth-order valence-electron chi connectivity index (χ4n) is 2.60. The monoisotopic (exact) mass is 288 g/mol. The second-order valence-electron chi connectivity index (χ2n) is 4.94. The largest absolute Gasteiger partial charge is 0.299 e. The van der Waals surface area contributed by atoms with Gasteiger partial charge >= 0.3 is 0 Å². The van der Waals surface area contributed by atoms with Crippen LogP contribution in [0.15, 0.2) is 60.8 Å². The number of hydrogen-bond donors (Lipinski definition) is 0. The molecule has 4 heteroatoms. The van der Waals surface area contributed by atoms with Gasteiger partial charge < -0.3 is 0 Å². The van der Waals surface area contributed by atoms with Gasteiger partial charge in [0, 0.05) is 17.3 Å². The number of carbonyl (C=O) groups excluding carboxylic acids is 2. The number of hydrogen-bond acceptors (Lipinski definition) is 3. The predicted molar refractivity (Wildman–Crippen MR) is 81.4 cm³/mol. The average Bonchev–Trinajstić information content (AvgIpc) is 2.61. The van der Waals surface area contributed by atoms with E-state index in [0.717, 1.165) is 5.56 Å². The van der Waals surface area contributed by atoms with Crippen LogP contribution < -0.4 is 0 Å². The molecule has 22 heavy (non-hydrogen) atoms. The lowest BCUT2D eigenvalue weighted by Gasteiger charge is -2.36. The third-order valence-corrected chi connectivity index (χ3v) is 3.74. The number of carbonyl (C=O) groups is 2. The van der Waals surface area contributed by atoms with Crippen molar-refractivity contribution in [2.75, 3.05) is 0 Å². The number of nitriles is 1. The first-order chi connectivity index (χ1) is 10.7. The van der Waals surface area contributed by atoms with E-state index >= 15 is 0 Å². The molecule has 2 aromatic rings. The fourth-order valence-corrected chi connectivity index (χ4v) is 2.60. The highest BCUT2D eigenvalue weighted by molar-refractivity contribution is 5.99. The normalized spacial score (nSPS) is 19.1. The molecule has 4 nitrogen and oxygen atoms in total. The molecule has 0 saturated heterocycles. The first kappa shape index (κ1) is 13.8. The molecule has 0 aliphatic carbocycles. The summed E-state index contributed by atoms with van der Waals surface area (Å²) in [6.07, 6.45) is 3.75. The smallest absolute Gasteiger partial charge is 0.259 e. The highest BCUT2D eigenvalue weighted by atomic mass is 16.2. The van der Waals surface area contributed by atoms with Crippen molar-refractivity contribution in [2.45, 2.75) is 5.54 Å². The van der Waals surface area contributed by atoms with Crippen molar-refractivity contribution >= 4 is 18.3 Å². The summed E-state index contributed by atoms with van der Waals surface area (Å²) in [7, 11) is 0. The summed E-state index contributed by atoms with van der Waals surface area (Å²) in [5, 5.41) is 9.65. The Bertz CT molecular complexity index is 805. The maximum atomic E-state index is 12.7. The van der Waals surface area contributed by atoms with Gasteiger partial charge in [-0.15, -0.1) is 0 Å². The predicted octanol–water partition coefficient (Wildman–Crippen LogP) is 2.73. The summed E-state index contributed by atoms with van der Waals surface area (Å²) in [4.78, 5) is 25.7. The van der Waals surface area contributed by atoms with Gasteiger partial charge in [-0.3, -0.25) is 14.5 Å². The van der Waals surface area contributed by atoms with Gasteiger partial charge in [0.2, 0.25) is 5.54 Å². The van der Waals surface area contributed by atoms with Crippen molar-refractivity contribution in [1.29, 1.82) is 5.26 Å². The Morgan fingerprint density at radius 1 is 1.09 bits per heavy atom. The van der Waals surface area contributed by atoms with E-state index in [1.54, 1.807) is 48.5 Å². The first-order valence-corrected chi connectivity index (χ1v) is 6.77. The van der Waals surface area contributed by atoms with Gasteiger partial charge in [0.25, 0.3) is 5.91 Å².